The van der Waals surface area contributed by atoms with Crippen molar-refractivity contribution in [1.82, 2.24) is 10.1 Å². The van der Waals surface area contributed by atoms with Gasteiger partial charge in [-0.2, -0.15) is 0 Å². The van der Waals surface area contributed by atoms with Crippen molar-refractivity contribution in [1.29, 1.82) is 0 Å². The Morgan fingerprint density at radius 1 is 1.14 bits per heavy atom. The minimum Gasteiger partial charge on any atom is -0.361 e. The molecule has 0 saturated carbocycles. The predicted octanol–water partition coefficient (Wildman–Crippen LogP) is 4.85. The van der Waals surface area contributed by atoms with Crippen molar-refractivity contribution in [2.45, 2.75) is 25.4 Å². The fraction of sp³-hybridized carbons (Fsp3) is 0.250. The third-order valence-electron chi connectivity index (χ3n) is 3.07. The van der Waals surface area contributed by atoms with Crippen LogP contribution in [0.2, 0.25) is 0 Å². The first kappa shape index (κ1) is 14.4. The fourth-order valence-corrected chi connectivity index (χ4v) is 4.19. The molecule has 0 saturated heterocycles. The standard InChI is InChI=1S/C16H16N2OS2/c1-11-8-14(18-19-11)9-20-10-15-12(2)17-16(21-15)13-6-4-3-5-7-13/h3-8H,9-10H2,1-2H3. The molecule has 21 heavy (non-hydrogen) atoms. The van der Waals surface area contributed by atoms with Crippen LogP contribution in [0, 0.1) is 13.8 Å². The summed E-state index contributed by atoms with van der Waals surface area (Å²) >= 11 is 3.62. The van der Waals surface area contributed by atoms with Gasteiger partial charge in [0, 0.05) is 28.0 Å². The van der Waals surface area contributed by atoms with Crippen molar-refractivity contribution in [2.24, 2.45) is 0 Å². The summed E-state index contributed by atoms with van der Waals surface area (Å²) in [4.78, 5) is 6.01. The van der Waals surface area contributed by atoms with Gasteiger partial charge in [-0.15, -0.1) is 23.1 Å². The zero-order valence-corrected chi connectivity index (χ0v) is 13.6. The Labute approximate surface area is 132 Å². The highest BCUT2D eigenvalue weighted by atomic mass is 32.2. The molecule has 2 aromatic heterocycles. The Morgan fingerprint density at radius 2 is 1.95 bits per heavy atom. The monoisotopic (exact) mass is 316 g/mol. The largest absolute Gasteiger partial charge is 0.361 e. The molecule has 0 fully saturated rings. The second-order valence-corrected chi connectivity index (χ2v) is 6.88. The molecule has 1 aromatic carbocycles. The molecule has 3 nitrogen and oxygen atoms in total. The first-order valence-electron chi connectivity index (χ1n) is 6.74. The van der Waals surface area contributed by atoms with Crippen LogP contribution >= 0.6 is 23.1 Å². The van der Waals surface area contributed by atoms with E-state index in [0.717, 1.165) is 33.7 Å². The zero-order valence-electron chi connectivity index (χ0n) is 12.0. The van der Waals surface area contributed by atoms with Gasteiger partial charge in [0.1, 0.15) is 10.8 Å². The Morgan fingerprint density at radius 3 is 2.67 bits per heavy atom. The zero-order chi connectivity index (χ0) is 14.7. The molecular weight excluding hydrogens is 300 g/mol. The number of hydrogen-bond acceptors (Lipinski definition) is 5. The van der Waals surface area contributed by atoms with E-state index in [4.69, 9.17) is 4.52 Å². The van der Waals surface area contributed by atoms with Crippen LogP contribution in [0.3, 0.4) is 0 Å². The minimum atomic E-state index is 0.867. The van der Waals surface area contributed by atoms with Gasteiger partial charge in [-0.1, -0.05) is 35.5 Å². The molecule has 0 radical (unpaired) electrons. The molecule has 0 bridgehead atoms. The van der Waals surface area contributed by atoms with Crippen LogP contribution in [0.1, 0.15) is 22.0 Å². The van der Waals surface area contributed by atoms with E-state index in [0.29, 0.717) is 0 Å². The average molecular weight is 316 g/mol. The lowest BCUT2D eigenvalue weighted by Gasteiger charge is -1.96. The highest BCUT2D eigenvalue weighted by molar-refractivity contribution is 7.97. The summed E-state index contributed by atoms with van der Waals surface area (Å²) < 4.78 is 5.08. The molecule has 0 N–H and O–H groups in total. The lowest BCUT2D eigenvalue weighted by molar-refractivity contribution is 0.393. The molecule has 2 heterocycles. The number of nitrogens with zero attached hydrogens (tertiary/aromatic N) is 2. The molecule has 0 spiro atoms. The Bertz CT molecular complexity index is 719. The van der Waals surface area contributed by atoms with Crippen LogP contribution in [0.25, 0.3) is 10.6 Å². The summed E-state index contributed by atoms with van der Waals surface area (Å²) in [5.41, 5.74) is 3.32. The van der Waals surface area contributed by atoms with Gasteiger partial charge in [0.2, 0.25) is 0 Å². The third kappa shape index (κ3) is 3.54. The van der Waals surface area contributed by atoms with Crippen molar-refractivity contribution < 1.29 is 4.52 Å². The lowest BCUT2D eigenvalue weighted by Crippen LogP contribution is -1.83. The molecular formula is C16H16N2OS2. The normalized spacial score (nSPS) is 11.0. The van der Waals surface area contributed by atoms with E-state index in [1.165, 1.54) is 10.4 Å². The van der Waals surface area contributed by atoms with E-state index in [9.17, 15) is 0 Å². The van der Waals surface area contributed by atoms with Gasteiger partial charge in [-0.25, -0.2) is 4.98 Å². The maximum Gasteiger partial charge on any atom is 0.133 e. The second-order valence-electron chi connectivity index (χ2n) is 4.82. The number of thioether (sulfide) groups is 1. The predicted molar refractivity (Wildman–Crippen MR) is 88.5 cm³/mol. The summed E-state index contributed by atoms with van der Waals surface area (Å²) in [5, 5.41) is 5.11. The molecule has 0 unspecified atom stereocenters. The number of aryl methyl sites for hydroxylation is 2. The molecule has 108 valence electrons. The van der Waals surface area contributed by atoms with Crippen molar-refractivity contribution in [2.75, 3.05) is 0 Å². The van der Waals surface area contributed by atoms with Gasteiger partial charge >= 0.3 is 0 Å². The highest BCUT2D eigenvalue weighted by Crippen LogP contribution is 2.31. The van der Waals surface area contributed by atoms with E-state index in [1.807, 2.05) is 43.0 Å². The van der Waals surface area contributed by atoms with E-state index < -0.39 is 0 Å². The topological polar surface area (TPSA) is 38.9 Å². The van der Waals surface area contributed by atoms with Gasteiger partial charge in [0.05, 0.1) is 11.4 Å². The first-order chi connectivity index (χ1) is 10.2. The number of benzene rings is 1. The van der Waals surface area contributed by atoms with Crippen molar-refractivity contribution in [3.63, 3.8) is 0 Å². The fourth-order valence-electron chi connectivity index (χ4n) is 2.00. The smallest absolute Gasteiger partial charge is 0.133 e. The summed E-state index contributed by atoms with van der Waals surface area (Å²) in [6.45, 7) is 4.00. The van der Waals surface area contributed by atoms with Gasteiger partial charge in [0.15, 0.2) is 0 Å². The van der Waals surface area contributed by atoms with Crippen LogP contribution < -0.4 is 0 Å². The molecule has 3 aromatic rings. The van der Waals surface area contributed by atoms with E-state index in [2.05, 4.69) is 29.2 Å². The second kappa shape index (κ2) is 6.45. The quantitative estimate of drug-likeness (QED) is 0.674. The van der Waals surface area contributed by atoms with Crippen LogP contribution in [0.4, 0.5) is 0 Å². The van der Waals surface area contributed by atoms with E-state index in [-0.39, 0.29) is 0 Å². The number of thiazole rings is 1. The van der Waals surface area contributed by atoms with Crippen LogP contribution in [-0.2, 0) is 11.5 Å². The molecule has 3 rings (SSSR count). The minimum absolute atomic E-state index is 0.867. The highest BCUT2D eigenvalue weighted by Gasteiger charge is 2.10. The van der Waals surface area contributed by atoms with E-state index in [1.54, 1.807) is 11.3 Å². The molecule has 0 atom stereocenters. The van der Waals surface area contributed by atoms with Crippen molar-refractivity contribution >= 4 is 23.1 Å². The molecule has 0 aliphatic rings. The van der Waals surface area contributed by atoms with Gasteiger partial charge in [-0.3, -0.25) is 0 Å². The maximum absolute atomic E-state index is 5.08. The van der Waals surface area contributed by atoms with Gasteiger partial charge < -0.3 is 4.52 Å². The SMILES string of the molecule is Cc1cc(CSCc2sc(-c3ccccc3)nc2C)no1. The third-order valence-corrected chi connectivity index (χ3v) is 5.46. The van der Waals surface area contributed by atoms with Crippen LogP contribution in [0.5, 0.6) is 0 Å². The van der Waals surface area contributed by atoms with Crippen molar-refractivity contribution in [3.05, 3.63) is 58.4 Å². The van der Waals surface area contributed by atoms with Crippen molar-refractivity contribution in [3.8, 4) is 10.6 Å². The Kier molecular flexibility index (Phi) is 4.41. The van der Waals surface area contributed by atoms with Gasteiger partial charge in [-0.05, 0) is 13.8 Å². The summed E-state index contributed by atoms with van der Waals surface area (Å²) in [6.07, 6.45) is 0. The molecule has 0 aliphatic heterocycles. The molecule has 0 aliphatic carbocycles. The van der Waals surface area contributed by atoms with Crippen LogP contribution in [-0.4, -0.2) is 10.1 Å². The van der Waals surface area contributed by atoms with E-state index >= 15 is 0 Å². The Hall–Kier alpha value is -1.59. The number of aromatic nitrogens is 2. The number of rotatable bonds is 5. The maximum atomic E-state index is 5.08. The number of hydrogen-bond donors (Lipinski definition) is 0. The summed E-state index contributed by atoms with van der Waals surface area (Å²) in [7, 11) is 0. The summed E-state index contributed by atoms with van der Waals surface area (Å²) in [5.74, 6) is 2.70. The lowest BCUT2D eigenvalue weighted by atomic mass is 10.2. The van der Waals surface area contributed by atoms with Crippen LogP contribution in [0.15, 0.2) is 40.9 Å². The average Bonchev–Trinajstić information content (AvgIpc) is 3.07. The Balaban J connectivity index is 1.65. The first-order valence-corrected chi connectivity index (χ1v) is 8.71. The molecule has 5 heteroatoms. The molecule has 0 amide bonds. The van der Waals surface area contributed by atoms with Gasteiger partial charge in [0.25, 0.3) is 0 Å². The summed E-state index contributed by atoms with van der Waals surface area (Å²) in [6, 6.07) is 12.3.